The van der Waals surface area contributed by atoms with Crippen LogP contribution in [-0.2, 0) is 6.42 Å². The highest BCUT2D eigenvalue weighted by Gasteiger charge is 2.66. The number of nitrogens with zero attached hydrogens (tertiary/aromatic N) is 2. The van der Waals surface area contributed by atoms with Gasteiger partial charge < -0.3 is 0 Å². The summed E-state index contributed by atoms with van der Waals surface area (Å²) in [5.74, 6) is 6.38. The van der Waals surface area contributed by atoms with Gasteiger partial charge in [-0.2, -0.15) is 5.10 Å². The average molecular weight is 264 g/mol. The monoisotopic (exact) mass is 264 g/mol. The minimum absolute atomic E-state index is 0.292. The smallest absolute Gasteiger partial charge is 0.0640 e. The van der Waals surface area contributed by atoms with E-state index in [9.17, 15) is 0 Å². The number of nitrogens with one attached hydrogen (secondary N) is 1. The zero-order chi connectivity index (χ0) is 14.4. The first-order chi connectivity index (χ1) is 8.71. The van der Waals surface area contributed by atoms with E-state index in [1.165, 1.54) is 0 Å². The maximum atomic E-state index is 5.79. The van der Waals surface area contributed by atoms with E-state index in [0.717, 1.165) is 12.1 Å². The Morgan fingerprint density at radius 3 is 2.26 bits per heavy atom. The van der Waals surface area contributed by atoms with E-state index >= 15 is 0 Å². The van der Waals surface area contributed by atoms with Gasteiger partial charge in [0.2, 0.25) is 0 Å². The van der Waals surface area contributed by atoms with Gasteiger partial charge in [0.15, 0.2) is 0 Å². The van der Waals surface area contributed by atoms with Crippen LogP contribution in [0.3, 0.4) is 0 Å². The van der Waals surface area contributed by atoms with Gasteiger partial charge in [0, 0.05) is 24.7 Å². The molecule has 0 radical (unpaired) electrons. The Kier molecular flexibility index (Phi) is 3.52. The molecule has 0 aliphatic heterocycles. The van der Waals surface area contributed by atoms with Gasteiger partial charge in [0.1, 0.15) is 0 Å². The van der Waals surface area contributed by atoms with Crippen LogP contribution in [0.5, 0.6) is 0 Å². The lowest BCUT2D eigenvalue weighted by Gasteiger charge is -2.17. The lowest BCUT2D eigenvalue weighted by atomic mass is 10.0. The molecule has 1 aliphatic carbocycles. The van der Waals surface area contributed by atoms with Gasteiger partial charge in [-0.25, -0.2) is 0 Å². The SMILES string of the molecule is CC(C)n1ccc(CC(NN)C2C(C)(C)C2(C)C)n1. The van der Waals surface area contributed by atoms with Gasteiger partial charge in [-0.05, 0) is 36.7 Å². The van der Waals surface area contributed by atoms with E-state index in [4.69, 9.17) is 5.84 Å². The second-order valence-electron chi connectivity index (χ2n) is 7.28. The van der Waals surface area contributed by atoms with E-state index in [0.29, 0.717) is 28.8 Å². The lowest BCUT2D eigenvalue weighted by Crippen LogP contribution is -2.40. The molecule has 108 valence electrons. The average Bonchev–Trinajstić information content (AvgIpc) is 2.70. The zero-order valence-corrected chi connectivity index (χ0v) is 13.1. The Bertz CT molecular complexity index is 431. The molecule has 0 amide bonds. The summed E-state index contributed by atoms with van der Waals surface area (Å²) in [6, 6.07) is 2.81. The Morgan fingerprint density at radius 1 is 1.32 bits per heavy atom. The van der Waals surface area contributed by atoms with Crippen LogP contribution in [0.15, 0.2) is 12.3 Å². The van der Waals surface area contributed by atoms with Crippen LogP contribution in [0.1, 0.15) is 53.3 Å². The molecule has 1 aliphatic rings. The maximum Gasteiger partial charge on any atom is 0.0640 e. The zero-order valence-electron chi connectivity index (χ0n) is 13.1. The summed E-state index contributed by atoms with van der Waals surface area (Å²) in [6.45, 7) is 13.6. The van der Waals surface area contributed by atoms with Crippen molar-refractivity contribution in [2.75, 3.05) is 0 Å². The van der Waals surface area contributed by atoms with Crippen molar-refractivity contribution in [3.8, 4) is 0 Å². The molecule has 4 nitrogen and oxygen atoms in total. The minimum atomic E-state index is 0.292. The second-order valence-corrected chi connectivity index (χ2v) is 7.28. The fourth-order valence-corrected chi connectivity index (χ4v) is 3.53. The van der Waals surface area contributed by atoms with Gasteiger partial charge in [-0.15, -0.1) is 0 Å². The largest absolute Gasteiger partial charge is 0.271 e. The van der Waals surface area contributed by atoms with Gasteiger partial charge in [-0.3, -0.25) is 16.0 Å². The van der Waals surface area contributed by atoms with Crippen LogP contribution < -0.4 is 11.3 Å². The third-order valence-corrected chi connectivity index (χ3v) is 5.37. The molecule has 4 heteroatoms. The molecule has 1 saturated carbocycles. The number of hydrogen-bond donors (Lipinski definition) is 2. The highest BCUT2D eigenvalue weighted by Crippen LogP contribution is 2.69. The lowest BCUT2D eigenvalue weighted by molar-refractivity contribution is 0.396. The number of rotatable bonds is 5. The summed E-state index contributed by atoms with van der Waals surface area (Å²) in [7, 11) is 0. The summed E-state index contributed by atoms with van der Waals surface area (Å²) < 4.78 is 2.01. The number of hydrazine groups is 1. The van der Waals surface area contributed by atoms with Crippen LogP contribution >= 0.6 is 0 Å². The first-order valence-corrected chi connectivity index (χ1v) is 7.22. The van der Waals surface area contributed by atoms with Crippen molar-refractivity contribution in [1.82, 2.24) is 15.2 Å². The van der Waals surface area contributed by atoms with Crippen LogP contribution in [0.2, 0.25) is 0 Å². The highest BCUT2D eigenvalue weighted by atomic mass is 15.3. The van der Waals surface area contributed by atoms with Crippen molar-refractivity contribution >= 4 is 0 Å². The summed E-state index contributed by atoms with van der Waals surface area (Å²) >= 11 is 0. The van der Waals surface area contributed by atoms with Crippen LogP contribution in [0.4, 0.5) is 0 Å². The normalized spacial score (nSPS) is 22.7. The first-order valence-electron chi connectivity index (χ1n) is 7.22. The third-order valence-electron chi connectivity index (χ3n) is 5.37. The molecule has 1 unspecified atom stereocenters. The summed E-state index contributed by atoms with van der Waals surface area (Å²) in [4.78, 5) is 0. The van der Waals surface area contributed by atoms with Crippen LogP contribution in [0, 0.1) is 16.7 Å². The molecular formula is C15H28N4. The summed E-state index contributed by atoms with van der Waals surface area (Å²) in [5, 5.41) is 4.62. The Morgan fingerprint density at radius 2 is 1.89 bits per heavy atom. The fraction of sp³-hybridized carbons (Fsp3) is 0.800. The highest BCUT2D eigenvalue weighted by molar-refractivity contribution is 5.18. The van der Waals surface area contributed by atoms with E-state index in [1.807, 2.05) is 4.68 Å². The summed E-state index contributed by atoms with van der Waals surface area (Å²) in [5.41, 5.74) is 4.81. The second kappa shape index (κ2) is 4.60. The molecule has 0 spiro atoms. The molecule has 1 fully saturated rings. The minimum Gasteiger partial charge on any atom is -0.271 e. The van der Waals surface area contributed by atoms with Crippen LogP contribution in [0.25, 0.3) is 0 Å². The Labute approximate surface area is 116 Å². The molecule has 1 aromatic rings. The standard InChI is InChI=1S/C15H28N4/c1-10(2)19-8-7-11(18-19)9-12(17-16)13-14(3,4)15(13,5)6/h7-8,10,12-13,17H,9,16H2,1-6H3. The van der Waals surface area contributed by atoms with Crippen molar-refractivity contribution in [1.29, 1.82) is 0 Å². The van der Waals surface area contributed by atoms with E-state index in [2.05, 4.69) is 64.3 Å². The van der Waals surface area contributed by atoms with E-state index in [1.54, 1.807) is 0 Å². The molecule has 1 aromatic heterocycles. The van der Waals surface area contributed by atoms with Gasteiger partial charge in [-0.1, -0.05) is 27.7 Å². The van der Waals surface area contributed by atoms with Crippen molar-refractivity contribution in [2.24, 2.45) is 22.6 Å². The van der Waals surface area contributed by atoms with E-state index < -0.39 is 0 Å². The van der Waals surface area contributed by atoms with Crippen molar-refractivity contribution < 1.29 is 0 Å². The molecule has 3 N–H and O–H groups in total. The molecule has 19 heavy (non-hydrogen) atoms. The van der Waals surface area contributed by atoms with E-state index in [-0.39, 0.29) is 0 Å². The number of nitrogens with two attached hydrogens (primary N) is 1. The molecule has 2 rings (SSSR count). The fourth-order valence-electron chi connectivity index (χ4n) is 3.53. The third kappa shape index (κ3) is 2.32. The van der Waals surface area contributed by atoms with Gasteiger partial charge >= 0.3 is 0 Å². The molecule has 0 saturated heterocycles. The topological polar surface area (TPSA) is 55.9 Å². The predicted octanol–water partition coefficient (Wildman–Crippen LogP) is 2.52. The first kappa shape index (κ1) is 14.5. The quantitative estimate of drug-likeness (QED) is 0.634. The maximum absolute atomic E-state index is 5.79. The Balaban J connectivity index is 2.08. The number of hydrogen-bond acceptors (Lipinski definition) is 3. The molecule has 1 heterocycles. The summed E-state index contributed by atoms with van der Waals surface area (Å²) in [6.07, 6.45) is 2.95. The molecular weight excluding hydrogens is 236 g/mol. The molecule has 1 atom stereocenters. The molecule has 0 aromatic carbocycles. The van der Waals surface area contributed by atoms with Gasteiger partial charge in [0.25, 0.3) is 0 Å². The van der Waals surface area contributed by atoms with Crippen molar-refractivity contribution in [2.45, 2.75) is 60.0 Å². The van der Waals surface area contributed by atoms with Crippen molar-refractivity contribution in [3.05, 3.63) is 18.0 Å². The number of aromatic nitrogens is 2. The molecule has 0 bridgehead atoms. The predicted molar refractivity (Wildman–Crippen MR) is 78.5 cm³/mol. The Hall–Kier alpha value is -0.870. The van der Waals surface area contributed by atoms with Crippen LogP contribution in [-0.4, -0.2) is 15.8 Å². The van der Waals surface area contributed by atoms with Gasteiger partial charge in [0.05, 0.1) is 5.69 Å². The van der Waals surface area contributed by atoms with Crippen molar-refractivity contribution in [3.63, 3.8) is 0 Å².